The minimum atomic E-state index is 0.156. The van der Waals surface area contributed by atoms with Crippen LogP contribution in [0.2, 0.25) is 0 Å². The van der Waals surface area contributed by atoms with Gasteiger partial charge in [-0.15, -0.1) is 0 Å². The lowest BCUT2D eigenvalue weighted by molar-refractivity contribution is -0.117. The zero-order chi connectivity index (χ0) is 12.4. The van der Waals surface area contributed by atoms with Crippen molar-refractivity contribution in [2.75, 3.05) is 5.32 Å². The van der Waals surface area contributed by atoms with E-state index in [2.05, 4.69) is 21.2 Å². The number of carbonyl (C=O) groups excluding carboxylic acids is 1. The standard InChI is InChI=1S/C14H18BrNO/c1-9-6-12(15)7-10(2)14(9)16-13(17)8-11-4-3-5-11/h6-7,11H,3-5,8H2,1-2H3,(H,16,17). The molecule has 2 nitrogen and oxygen atoms in total. The molecular weight excluding hydrogens is 278 g/mol. The van der Waals surface area contributed by atoms with Crippen molar-refractivity contribution < 1.29 is 4.79 Å². The first-order chi connectivity index (χ1) is 8.06. The smallest absolute Gasteiger partial charge is 0.224 e. The molecule has 1 fully saturated rings. The molecule has 1 aromatic carbocycles. The van der Waals surface area contributed by atoms with Gasteiger partial charge < -0.3 is 5.32 Å². The second-order valence-electron chi connectivity index (χ2n) is 4.96. The second-order valence-corrected chi connectivity index (χ2v) is 5.88. The first-order valence-electron chi connectivity index (χ1n) is 6.13. The molecule has 0 aliphatic heterocycles. The second kappa shape index (κ2) is 5.21. The van der Waals surface area contributed by atoms with Crippen molar-refractivity contribution in [3.63, 3.8) is 0 Å². The van der Waals surface area contributed by atoms with Gasteiger partial charge in [-0.1, -0.05) is 22.4 Å². The van der Waals surface area contributed by atoms with Crippen molar-refractivity contribution in [3.8, 4) is 0 Å². The van der Waals surface area contributed by atoms with E-state index in [0.29, 0.717) is 12.3 Å². The van der Waals surface area contributed by atoms with Gasteiger partial charge in [0.25, 0.3) is 0 Å². The molecule has 0 bridgehead atoms. The van der Waals surface area contributed by atoms with Crippen LogP contribution in [0.15, 0.2) is 16.6 Å². The molecule has 17 heavy (non-hydrogen) atoms. The molecule has 0 atom stereocenters. The fraction of sp³-hybridized carbons (Fsp3) is 0.500. The predicted molar refractivity (Wildman–Crippen MR) is 74.2 cm³/mol. The molecule has 1 amide bonds. The van der Waals surface area contributed by atoms with Crippen LogP contribution in [0.3, 0.4) is 0 Å². The lowest BCUT2D eigenvalue weighted by Crippen LogP contribution is -2.21. The van der Waals surface area contributed by atoms with E-state index in [-0.39, 0.29) is 5.91 Å². The number of hydrogen-bond acceptors (Lipinski definition) is 1. The summed E-state index contributed by atoms with van der Waals surface area (Å²) in [6, 6.07) is 4.07. The van der Waals surface area contributed by atoms with Crippen LogP contribution in [0.1, 0.15) is 36.8 Å². The molecule has 3 heteroatoms. The summed E-state index contributed by atoms with van der Waals surface area (Å²) in [4.78, 5) is 11.9. The van der Waals surface area contributed by atoms with Crippen LogP contribution in [-0.4, -0.2) is 5.91 Å². The van der Waals surface area contributed by atoms with Gasteiger partial charge in [0.1, 0.15) is 0 Å². The minimum Gasteiger partial charge on any atom is -0.326 e. The lowest BCUT2D eigenvalue weighted by atomic mass is 9.83. The Bertz CT molecular complexity index is 415. The Morgan fingerprint density at radius 2 is 1.94 bits per heavy atom. The summed E-state index contributed by atoms with van der Waals surface area (Å²) in [5.41, 5.74) is 3.19. The van der Waals surface area contributed by atoms with Crippen molar-refractivity contribution in [2.45, 2.75) is 39.5 Å². The maximum atomic E-state index is 11.9. The number of hydrogen-bond donors (Lipinski definition) is 1. The molecule has 1 aliphatic rings. The van der Waals surface area contributed by atoms with Crippen molar-refractivity contribution in [2.24, 2.45) is 5.92 Å². The van der Waals surface area contributed by atoms with E-state index in [0.717, 1.165) is 21.3 Å². The molecule has 0 unspecified atom stereocenters. The molecule has 0 aromatic heterocycles. The summed E-state index contributed by atoms with van der Waals surface area (Å²) < 4.78 is 1.06. The van der Waals surface area contributed by atoms with Crippen molar-refractivity contribution in [1.29, 1.82) is 0 Å². The third kappa shape index (κ3) is 3.09. The van der Waals surface area contributed by atoms with Gasteiger partial charge in [-0.3, -0.25) is 4.79 Å². The first kappa shape index (κ1) is 12.6. The van der Waals surface area contributed by atoms with Crippen LogP contribution >= 0.6 is 15.9 Å². The zero-order valence-corrected chi connectivity index (χ0v) is 11.9. The SMILES string of the molecule is Cc1cc(Br)cc(C)c1NC(=O)CC1CCC1. The quantitative estimate of drug-likeness (QED) is 0.890. The molecule has 0 saturated heterocycles. The molecule has 0 radical (unpaired) electrons. The van der Waals surface area contributed by atoms with Gasteiger partial charge in [0.05, 0.1) is 0 Å². The minimum absolute atomic E-state index is 0.156. The number of amides is 1. The van der Waals surface area contributed by atoms with Gasteiger partial charge in [-0.05, 0) is 55.9 Å². The van der Waals surface area contributed by atoms with E-state index in [1.807, 2.05) is 26.0 Å². The van der Waals surface area contributed by atoms with Crippen LogP contribution in [0.5, 0.6) is 0 Å². The Hall–Kier alpha value is -0.830. The van der Waals surface area contributed by atoms with E-state index in [1.54, 1.807) is 0 Å². The first-order valence-corrected chi connectivity index (χ1v) is 6.92. The number of benzene rings is 1. The number of rotatable bonds is 3. The third-order valence-electron chi connectivity index (χ3n) is 3.46. The Morgan fingerprint density at radius 1 is 1.35 bits per heavy atom. The highest BCUT2D eigenvalue weighted by Crippen LogP contribution is 2.30. The average molecular weight is 296 g/mol. The lowest BCUT2D eigenvalue weighted by Gasteiger charge is -2.24. The van der Waals surface area contributed by atoms with Crippen LogP contribution < -0.4 is 5.32 Å². The Morgan fingerprint density at radius 3 is 2.41 bits per heavy atom. The zero-order valence-electron chi connectivity index (χ0n) is 10.3. The maximum Gasteiger partial charge on any atom is 0.224 e. The van der Waals surface area contributed by atoms with Crippen molar-refractivity contribution in [3.05, 3.63) is 27.7 Å². The number of carbonyl (C=O) groups is 1. The monoisotopic (exact) mass is 295 g/mol. The fourth-order valence-electron chi connectivity index (χ4n) is 2.26. The summed E-state index contributed by atoms with van der Waals surface area (Å²) in [6.45, 7) is 4.05. The number of halogens is 1. The van der Waals surface area contributed by atoms with E-state index in [4.69, 9.17) is 0 Å². The normalized spacial score (nSPS) is 15.5. The summed E-state index contributed by atoms with van der Waals surface area (Å²) in [5, 5.41) is 3.05. The van der Waals surface area contributed by atoms with Crippen LogP contribution in [-0.2, 0) is 4.79 Å². The number of nitrogens with one attached hydrogen (secondary N) is 1. The highest BCUT2D eigenvalue weighted by molar-refractivity contribution is 9.10. The van der Waals surface area contributed by atoms with E-state index in [1.165, 1.54) is 19.3 Å². The van der Waals surface area contributed by atoms with E-state index >= 15 is 0 Å². The van der Waals surface area contributed by atoms with Gasteiger partial charge >= 0.3 is 0 Å². The number of aryl methyl sites for hydroxylation is 2. The van der Waals surface area contributed by atoms with Crippen molar-refractivity contribution >= 4 is 27.5 Å². The average Bonchev–Trinajstić information content (AvgIpc) is 2.17. The van der Waals surface area contributed by atoms with Crippen LogP contribution in [0.4, 0.5) is 5.69 Å². The Balaban J connectivity index is 2.04. The summed E-state index contributed by atoms with van der Waals surface area (Å²) >= 11 is 3.46. The molecule has 1 aliphatic carbocycles. The molecule has 92 valence electrons. The molecule has 0 spiro atoms. The Kier molecular flexibility index (Phi) is 3.87. The third-order valence-corrected chi connectivity index (χ3v) is 3.92. The summed E-state index contributed by atoms with van der Waals surface area (Å²) in [5.74, 6) is 0.772. The fourth-order valence-corrected chi connectivity index (χ4v) is 2.94. The summed E-state index contributed by atoms with van der Waals surface area (Å²) in [7, 11) is 0. The topological polar surface area (TPSA) is 29.1 Å². The van der Waals surface area contributed by atoms with Crippen LogP contribution in [0, 0.1) is 19.8 Å². The molecular formula is C14H18BrNO. The summed E-state index contributed by atoms with van der Waals surface area (Å²) in [6.07, 6.45) is 4.39. The van der Waals surface area contributed by atoms with Gasteiger partial charge in [-0.2, -0.15) is 0 Å². The van der Waals surface area contributed by atoms with Crippen molar-refractivity contribution in [1.82, 2.24) is 0 Å². The van der Waals surface area contributed by atoms with Gasteiger partial charge in [0.15, 0.2) is 0 Å². The molecule has 1 N–H and O–H groups in total. The molecule has 1 saturated carbocycles. The highest BCUT2D eigenvalue weighted by Gasteiger charge is 2.21. The highest BCUT2D eigenvalue weighted by atomic mass is 79.9. The largest absolute Gasteiger partial charge is 0.326 e. The van der Waals surface area contributed by atoms with Crippen LogP contribution in [0.25, 0.3) is 0 Å². The van der Waals surface area contributed by atoms with Gasteiger partial charge in [0, 0.05) is 16.6 Å². The number of anilines is 1. The van der Waals surface area contributed by atoms with E-state index in [9.17, 15) is 4.79 Å². The molecule has 0 heterocycles. The molecule has 2 rings (SSSR count). The molecule has 1 aromatic rings. The predicted octanol–water partition coefficient (Wildman–Crippen LogP) is 4.19. The Labute approximate surface area is 111 Å². The van der Waals surface area contributed by atoms with E-state index < -0.39 is 0 Å². The van der Waals surface area contributed by atoms with Gasteiger partial charge in [-0.25, -0.2) is 0 Å². The maximum absolute atomic E-state index is 11.9. The van der Waals surface area contributed by atoms with Gasteiger partial charge in [0.2, 0.25) is 5.91 Å².